The number of rotatable bonds is 6. The lowest BCUT2D eigenvalue weighted by atomic mass is 10.1. The summed E-state index contributed by atoms with van der Waals surface area (Å²) in [7, 11) is 0. The number of hydrogen-bond donors (Lipinski definition) is 1. The van der Waals surface area contributed by atoms with Gasteiger partial charge in [0, 0.05) is 22.8 Å². The molecule has 7 heteroatoms. The van der Waals surface area contributed by atoms with Gasteiger partial charge in [-0.1, -0.05) is 11.6 Å². The third-order valence-electron chi connectivity index (χ3n) is 3.54. The molecule has 2 rings (SSSR count). The zero-order valence-corrected chi connectivity index (χ0v) is 15.0. The van der Waals surface area contributed by atoms with Gasteiger partial charge in [0.2, 0.25) is 0 Å². The Morgan fingerprint density at radius 3 is 2.67 bits per heavy atom. The highest BCUT2D eigenvalue weighted by atomic mass is 35.5. The standard InChI is InChI=1S/C17H21ClN4O2/c1-5-22-12(2)13(11-20-22)10-19-21-16(23)17(3,4)24-15-8-6-14(18)7-9-15/h6-11H,5H2,1-4H3,(H,21,23). The number of amides is 1. The molecule has 0 bridgehead atoms. The second-order valence-electron chi connectivity index (χ2n) is 5.77. The number of hydrogen-bond acceptors (Lipinski definition) is 4. The van der Waals surface area contributed by atoms with E-state index in [-0.39, 0.29) is 5.91 Å². The van der Waals surface area contributed by atoms with Gasteiger partial charge in [-0.2, -0.15) is 10.2 Å². The molecule has 24 heavy (non-hydrogen) atoms. The van der Waals surface area contributed by atoms with Crippen LogP contribution in [0.5, 0.6) is 5.75 Å². The molecule has 0 unspecified atom stereocenters. The second kappa shape index (κ2) is 7.49. The van der Waals surface area contributed by atoms with Crippen molar-refractivity contribution < 1.29 is 9.53 Å². The molecule has 0 fully saturated rings. The summed E-state index contributed by atoms with van der Waals surface area (Å²) >= 11 is 5.84. The predicted octanol–water partition coefficient (Wildman–Crippen LogP) is 3.17. The molecule has 1 amide bonds. The normalized spacial score (nSPS) is 11.7. The van der Waals surface area contributed by atoms with Gasteiger partial charge in [-0.05, 0) is 52.0 Å². The van der Waals surface area contributed by atoms with E-state index < -0.39 is 5.60 Å². The smallest absolute Gasteiger partial charge is 0.283 e. The van der Waals surface area contributed by atoms with Crippen molar-refractivity contribution in [2.24, 2.45) is 5.10 Å². The maximum absolute atomic E-state index is 12.3. The summed E-state index contributed by atoms with van der Waals surface area (Å²) in [6.07, 6.45) is 3.29. The van der Waals surface area contributed by atoms with Gasteiger partial charge in [0.25, 0.3) is 5.91 Å². The lowest BCUT2D eigenvalue weighted by Crippen LogP contribution is -2.44. The van der Waals surface area contributed by atoms with E-state index in [9.17, 15) is 4.79 Å². The van der Waals surface area contributed by atoms with E-state index in [1.54, 1.807) is 50.5 Å². The molecule has 1 aromatic heterocycles. The summed E-state index contributed by atoms with van der Waals surface area (Å²) in [5.74, 6) is 0.206. The number of nitrogens with one attached hydrogen (secondary N) is 1. The van der Waals surface area contributed by atoms with Crippen molar-refractivity contribution in [2.75, 3.05) is 0 Å². The first-order chi connectivity index (χ1) is 11.3. The van der Waals surface area contributed by atoms with Crippen LogP contribution in [0, 0.1) is 6.92 Å². The van der Waals surface area contributed by atoms with Crippen LogP contribution in [-0.4, -0.2) is 27.5 Å². The Morgan fingerprint density at radius 2 is 2.08 bits per heavy atom. The number of benzene rings is 1. The van der Waals surface area contributed by atoms with E-state index in [1.165, 1.54) is 0 Å². The quantitative estimate of drug-likeness (QED) is 0.644. The van der Waals surface area contributed by atoms with Crippen LogP contribution in [0.3, 0.4) is 0 Å². The molecule has 0 radical (unpaired) electrons. The van der Waals surface area contributed by atoms with Crippen LogP contribution in [-0.2, 0) is 11.3 Å². The summed E-state index contributed by atoms with van der Waals surface area (Å²) in [6.45, 7) is 8.10. The van der Waals surface area contributed by atoms with Crippen molar-refractivity contribution >= 4 is 23.7 Å². The minimum Gasteiger partial charge on any atom is -0.478 e. The summed E-state index contributed by atoms with van der Waals surface area (Å²) in [6, 6.07) is 6.83. The molecule has 128 valence electrons. The Morgan fingerprint density at radius 1 is 1.42 bits per heavy atom. The number of nitrogens with zero attached hydrogens (tertiary/aromatic N) is 3. The van der Waals surface area contributed by atoms with Crippen molar-refractivity contribution in [1.82, 2.24) is 15.2 Å². The Hall–Kier alpha value is -2.34. The fraction of sp³-hybridized carbons (Fsp3) is 0.353. The SMILES string of the molecule is CCn1ncc(C=NNC(=O)C(C)(C)Oc2ccc(Cl)cc2)c1C. The predicted molar refractivity (Wildman–Crippen MR) is 94.5 cm³/mol. The zero-order valence-electron chi connectivity index (χ0n) is 14.2. The van der Waals surface area contributed by atoms with Crippen molar-refractivity contribution in [2.45, 2.75) is 39.8 Å². The lowest BCUT2D eigenvalue weighted by molar-refractivity contribution is -0.134. The number of halogens is 1. The van der Waals surface area contributed by atoms with Crippen molar-refractivity contribution in [1.29, 1.82) is 0 Å². The first-order valence-electron chi connectivity index (χ1n) is 7.64. The summed E-state index contributed by atoms with van der Waals surface area (Å²) < 4.78 is 7.56. The Balaban J connectivity index is 1.98. The third-order valence-corrected chi connectivity index (χ3v) is 3.80. The lowest BCUT2D eigenvalue weighted by Gasteiger charge is -2.24. The fourth-order valence-electron chi connectivity index (χ4n) is 2.05. The van der Waals surface area contributed by atoms with Crippen LogP contribution >= 0.6 is 11.6 Å². The minimum atomic E-state index is -1.08. The van der Waals surface area contributed by atoms with Gasteiger partial charge in [-0.25, -0.2) is 5.43 Å². The van der Waals surface area contributed by atoms with Gasteiger partial charge in [-0.3, -0.25) is 9.48 Å². The molecule has 1 heterocycles. The summed E-state index contributed by atoms with van der Waals surface area (Å²) in [4.78, 5) is 12.3. The molecule has 1 aromatic carbocycles. The maximum Gasteiger partial charge on any atom is 0.283 e. The van der Waals surface area contributed by atoms with Crippen LogP contribution in [0.4, 0.5) is 0 Å². The van der Waals surface area contributed by atoms with Gasteiger partial charge in [0.15, 0.2) is 5.60 Å². The average molecular weight is 349 g/mol. The van der Waals surface area contributed by atoms with Gasteiger partial charge >= 0.3 is 0 Å². The van der Waals surface area contributed by atoms with Gasteiger partial charge in [0.05, 0.1) is 12.4 Å². The molecular formula is C17H21ClN4O2. The first kappa shape index (κ1) is 18.0. The molecule has 0 saturated heterocycles. The first-order valence-corrected chi connectivity index (χ1v) is 8.01. The van der Waals surface area contributed by atoms with Gasteiger partial charge < -0.3 is 4.74 Å². The van der Waals surface area contributed by atoms with Gasteiger partial charge in [0.1, 0.15) is 5.75 Å². The second-order valence-corrected chi connectivity index (χ2v) is 6.20. The van der Waals surface area contributed by atoms with Crippen molar-refractivity contribution in [3.8, 4) is 5.75 Å². The topological polar surface area (TPSA) is 68.5 Å². The van der Waals surface area contributed by atoms with Crippen molar-refractivity contribution in [3.05, 3.63) is 46.7 Å². The number of ether oxygens (including phenoxy) is 1. The summed E-state index contributed by atoms with van der Waals surface area (Å²) in [5, 5.41) is 8.82. The van der Waals surface area contributed by atoms with E-state index in [4.69, 9.17) is 16.3 Å². The number of hydrazone groups is 1. The molecular weight excluding hydrogens is 328 g/mol. The highest BCUT2D eigenvalue weighted by Gasteiger charge is 2.29. The number of carbonyl (C=O) groups is 1. The molecule has 0 aliphatic heterocycles. The maximum atomic E-state index is 12.3. The van der Waals surface area contributed by atoms with E-state index in [0.717, 1.165) is 17.8 Å². The monoisotopic (exact) mass is 348 g/mol. The highest BCUT2D eigenvalue weighted by molar-refractivity contribution is 6.30. The Bertz CT molecular complexity index is 736. The molecule has 0 aliphatic carbocycles. The van der Waals surface area contributed by atoms with E-state index in [0.29, 0.717) is 10.8 Å². The van der Waals surface area contributed by atoms with Crippen LogP contribution in [0.15, 0.2) is 35.6 Å². The van der Waals surface area contributed by atoms with E-state index >= 15 is 0 Å². The van der Waals surface area contributed by atoms with Crippen molar-refractivity contribution in [3.63, 3.8) is 0 Å². The average Bonchev–Trinajstić information content (AvgIpc) is 2.89. The largest absolute Gasteiger partial charge is 0.478 e. The Labute approximate surface area is 146 Å². The fourth-order valence-corrected chi connectivity index (χ4v) is 2.17. The zero-order chi connectivity index (χ0) is 17.7. The minimum absolute atomic E-state index is 0.353. The van der Waals surface area contributed by atoms with Crippen LogP contribution < -0.4 is 10.2 Å². The molecule has 0 aliphatic rings. The molecule has 6 nitrogen and oxygen atoms in total. The number of aromatic nitrogens is 2. The summed E-state index contributed by atoms with van der Waals surface area (Å²) in [5.41, 5.74) is 3.27. The number of carbonyl (C=O) groups excluding carboxylic acids is 1. The van der Waals surface area contributed by atoms with Crippen LogP contribution in [0.25, 0.3) is 0 Å². The Kier molecular flexibility index (Phi) is 5.62. The van der Waals surface area contributed by atoms with Crippen LogP contribution in [0.1, 0.15) is 32.0 Å². The van der Waals surface area contributed by atoms with E-state index in [1.807, 2.05) is 18.5 Å². The third kappa shape index (κ3) is 4.35. The van der Waals surface area contributed by atoms with Gasteiger partial charge in [-0.15, -0.1) is 0 Å². The van der Waals surface area contributed by atoms with E-state index in [2.05, 4.69) is 15.6 Å². The highest BCUT2D eigenvalue weighted by Crippen LogP contribution is 2.21. The molecule has 2 aromatic rings. The van der Waals surface area contributed by atoms with Crippen LogP contribution in [0.2, 0.25) is 5.02 Å². The molecule has 0 spiro atoms. The number of aryl methyl sites for hydroxylation is 1. The molecule has 0 saturated carbocycles. The molecule has 0 atom stereocenters. The molecule has 1 N–H and O–H groups in total.